The molecule has 3 heterocycles. The van der Waals surface area contributed by atoms with Crippen LogP contribution in [-0.4, -0.2) is 59.3 Å². The summed E-state index contributed by atoms with van der Waals surface area (Å²) >= 11 is 0. The summed E-state index contributed by atoms with van der Waals surface area (Å²) in [6.07, 6.45) is 4.78. The van der Waals surface area contributed by atoms with E-state index in [1.165, 1.54) is 5.56 Å². The molecule has 2 amide bonds. The first-order valence-corrected chi connectivity index (χ1v) is 10.3. The molecule has 1 aromatic heterocycles. The lowest BCUT2D eigenvalue weighted by molar-refractivity contribution is 0.0634. The summed E-state index contributed by atoms with van der Waals surface area (Å²) in [4.78, 5) is 32.6. The molecule has 2 aliphatic rings. The van der Waals surface area contributed by atoms with Gasteiger partial charge in [0, 0.05) is 38.9 Å². The molecule has 1 aromatic carbocycles. The van der Waals surface area contributed by atoms with Crippen LogP contribution in [0.2, 0.25) is 0 Å². The highest BCUT2D eigenvalue weighted by molar-refractivity contribution is 5.99. The predicted molar refractivity (Wildman–Crippen MR) is 108 cm³/mol. The van der Waals surface area contributed by atoms with Gasteiger partial charge in [0.2, 0.25) is 0 Å². The zero-order valence-corrected chi connectivity index (χ0v) is 16.4. The third kappa shape index (κ3) is 3.69. The van der Waals surface area contributed by atoms with Crippen LogP contribution in [0.15, 0.2) is 36.5 Å². The first-order chi connectivity index (χ1) is 13.7. The molecule has 2 aromatic rings. The quantitative estimate of drug-likeness (QED) is 0.857. The van der Waals surface area contributed by atoms with Crippen LogP contribution in [0.25, 0.3) is 0 Å². The van der Waals surface area contributed by atoms with Crippen molar-refractivity contribution in [1.29, 1.82) is 0 Å². The van der Waals surface area contributed by atoms with Gasteiger partial charge in [-0.2, -0.15) is 0 Å². The fourth-order valence-electron chi connectivity index (χ4n) is 4.12. The normalized spacial score (nSPS) is 19.8. The maximum Gasteiger partial charge on any atom is 0.270 e. The van der Waals surface area contributed by atoms with Crippen molar-refractivity contribution >= 4 is 11.8 Å². The highest BCUT2D eigenvalue weighted by Gasteiger charge is 2.30. The molecule has 0 spiro atoms. The van der Waals surface area contributed by atoms with Crippen LogP contribution in [0.3, 0.4) is 0 Å². The first-order valence-electron chi connectivity index (χ1n) is 10.3. The molecule has 148 valence electrons. The fourth-order valence-corrected chi connectivity index (χ4v) is 4.12. The second-order valence-corrected chi connectivity index (χ2v) is 7.61. The Labute approximate surface area is 165 Å². The smallest absolute Gasteiger partial charge is 0.270 e. The Bertz CT molecular complexity index is 836. The number of benzene rings is 1. The van der Waals surface area contributed by atoms with E-state index in [4.69, 9.17) is 0 Å². The molecule has 6 nitrogen and oxygen atoms in total. The number of H-pyrrole nitrogens is 1. The van der Waals surface area contributed by atoms with E-state index in [0.29, 0.717) is 17.8 Å². The molecule has 28 heavy (non-hydrogen) atoms. The number of aromatic nitrogens is 1. The molecule has 2 N–H and O–H groups in total. The third-order valence-electron chi connectivity index (χ3n) is 5.83. The number of amides is 2. The van der Waals surface area contributed by atoms with Crippen LogP contribution in [0.1, 0.15) is 57.8 Å². The zero-order valence-electron chi connectivity index (χ0n) is 16.4. The van der Waals surface area contributed by atoms with Crippen molar-refractivity contribution in [3.8, 4) is 0 Å². The molecule has 0 aliphatic carbocycles. The summed E-state index contributed by atoms with van der Waals surface area (Å²) in [6, 6.07) is 10.2. The van der Waals surface area contributed by atoms with Gasteiger partial charge in [0.25, 0.3) is 11.8 Å². The number of hydrogen-bond donors (Lipinski definition) is 2. The van der Waals surface area contributed by atoms with Crippen molar-refractivity contribution < 1.29 is 9.59 Å². The van der Waals surface area contributed by atoms with E-state index < -0.39 is 0 Å². The Morgan fingerprint density at radius 3 is 2.54 bits per heavy atom. The molecule has 0 bridgehead atoms. The van der Waals surface area contributed by atoms with Gasteiger partial charge in [-0.25, -0.2) is 0 Å². The van der Waals surface area contributed by atoms with E-state index in [2.05, 4.69) is 41.5 Å². The summed E-state index contributed by atoms with van der Waals surface area (Å²) < 4.78 is 0. The van der Waals surface area contributed by atoms with Gasteiger partial charge in [0.1, 0.15) is 5.69 Å². The van der Waals surface area contributed by atoms with Crippen molar-refractivity contribution in [1.82, 2.24) is 20.1 Å². The molecular formula is C22H28N4O2. The molecule has 2 saturated heterocycles. The highest BCUT2D eigenvalue weighted by atomic mass is 16.2. The van der Waals surface area contributed by atoms with Crippen molar-refractivity contribution in [2.45, 2.75) is 32.2 Å². The minimum atomic E-state index is -0.0252. The van der Waals surface area contributed by atoms with E-state index in [-0.39, 0.29) is 17.9 Å². The maximum atomic E-state index is 13.2. The Balaban J connectivity index is 1.52. The number of likely N-dealkylation sites (tertiary alicyclic amines) is 1. The number of carbonyl (C=O) groups is 2. The Morgan fingerprint density at radius 1 is 1.07 bits per heavy atom. The second kappa shape index (κ2) is 8.19. The van der Waals surface area contributed by atoms with E-state index in [0.717, 1.165) is 51.0 Å². The number of rotatable bonds is 4. The van der Waals surface area contributed by atoms with Crippen LogP contribution in [-0.2, 0) is 6.42 Å². The van der Waals surface area contributed by atoms with Gasteiger partial charge in [0.15, 0.2) is 0 Å². The molecule has 0 saturated carbocycles. The zero-order chi connectivity index (χ0) is 19.5. The summed E-state index contributed by atoms with van der Waals surface area (Å²) in [5, 5.41) is 3.40. The lowest BCUT2D eigenvalue weighted by atomic mass is 10.0. The summed E-state index contributed by atoms with van der Waals surface area (Å²) in [5.74, 6) is -0.0358. The molecule has 2 aliphatic heterocycles. The van der Waals surface area contributed by atoms with E-state index >= 15 is 0 Å². The Hall–Kier alpha value is -2.60. The van der Waals surface area contributed by atoms with Crippen LogP contribution in [0, 0.1) is 0 Å². The monoisotopic (exact) mass is 380 g/mol. The van der Waals surface area contributed by atoms with E-state index in [1.54, 1.807) is 12.3 Å². The number of nitrogens with zero attached hydrogens (tertiary/aromatic N) is 2. The highest BCUT2D eigenvalue weighted by Crippen LogP contribution is 2.25. The van der Waals surface area contributed by atoms with Crippen molar-refractivity contribution in [2.75, 3.05) is 32.7 Å². The standard InChI is InChI=1S/C22H28N4O2/c1-2-16-5-7-17(8-6-16)20-15-23-9-12-26(20)21(27)18-13-19(24-14-18)22(28)25-10-3-4-11-25/h5-8,13-14,20,23-24H,2-4,9-12,15H2,1H3. The number of carbonyl (C=O) groups excluding carboxylic acids is 2. The number of aromatic amines is 1. The topological polar surface area (TPSA) is 68.4 Å². The van der Waals surface area contributed by atoms with E-state index in [1.807, 2.05) is 9.80 Å². The average molecular weight is 380 g/mol. The molecule has 2 fully saturated rings. The lowest BCUT2D eigenvalue weighted by Gasteiger charge is -2.36. The minimum absolute atomic E-state index is 0.000195. The maximum absolute atomic E-state index is 13.2. The number of nitrogens with one attached hydrogen (secondary N) is 2. The number of aryl methyl sites for hydroxylation is 1. The lowest BCUT2D eigenvalue weighted by Crippen LogP contribution is -2.48. The molecule has 1 unspecified atom stereocenters. The van der Waals surface area contributed by atoms with Gasteiger partial charge in [-0.15, -0.1) is 0 Å². The van der Waals surface area contributed by atoms with Gasteiger partial charge in [-0.05, 0) is 36.5 Å². The first kappa shape index (κ1) is 18.7. The van der Waals surface area contributed by atoms with Gasteiger partial charge in [-0.3, -0.25) is 9.59 Å². The minimum Gasteiger partial charge on any atom is -0.356 e. The third-order valence-corrected chi connectivity index (χ3v) is 5.83. The second-order valence-electron chi connectivity index (χ2n) is 7.61. The molecule has 4 rings (SSSR count). The van der Waals surface area contributed by atoms with Gasteiger partial charge < -0.3 is 20.1 Å². The number of piperazine rings is 1. The average Bonchev–Trinajstić information content (AvgIpc) is 3.45. The number of hydrogen-bond acceptors (Lipinski definition) is 3. The predicted octanol–water partition coefficient (Wildman–Crippen LogP) is 2.60. The molecule has 0 radical (unpaired) electrons. The summed E-state index contributed by atoms with van der Waals surface area (Å²) in [5.41, 5.74) is 3.49. The van der Waals surface area contributed by atoms with E-state index in [9.17, 15) is 9.59 Å². The van der Waals surface area contributed by atoms with Crippen LogP contribution in [0.5, 0.6) is 0 Å². The van der Waals surface area contributed by atoms with Gasteiger partial charge in [-0.1, -0.05) is 31.2 Å². The fraction of sp³-hybridized carbons (Fsp3) is 0.455. The van der Waals surface area contributed by atoms with Crippen molar-refractivity contribution in [3.05, 3.63) is 58.9 Å². The van der Waals surface area contributed by atoms with Crippen molar-refractivity contribution in [3.63, 3.8) is 0 Å². The van der Waals surface area contributed by atoms with Gasteiger partial charge in [0.05, 0.1) is 11.6 Å². The summed E-state index contributed by atoms with van der Waals surface area (Å²) in [6.45, 7) is 5.91. The van der Waals surface area contributed by atoms with Crippen LogP contribution in [0.4, 0.5) is 0 Å². The van der Waals surface area contributed by atoms with Crippen molar-refractivity contribution in [2.24, 2.45) is 0 Å². The van der Waals surface area contributed by atoms with Crippen LogP contribution < -0.4 is 5.32 Å². The molecular weight excluding hydrogens is 352 g/mol. The largest absolute Gasteiger partial charge is 0.356 e. The Morgan fingerprint density at radius 2 is 1.82 bits per heavy atom. The summed E-state index contributed by atoms with van der Waals surface area (Å²) in [7, 11) is 0. The van der Waals surface area contributed by atoms with Crippen LogP contribution >= 0.6 is 0 Å². The Kier molecular flexibility index (Phi) is 5.48. The molecule has 1 atom stereocenters. The SMILES string of the molecule is CCc1ccc(C2CNCCN2C(=O)c2c[nH]c(C(=O)N3CCCC3)c2)cc1. The van der Waals surface area contributed by atoms with Gasteiger partial charge >= 0.3 is 0 Å². The molecule has 6 heteroatoms.